The topological polar surface area (TPSA) is 34.1 Å². The SMILES string of the molecule is CCCCCCOc1nccc(CNCCC)c1F. The van der Waals surface area contributed by atoms with E-state index in [2.05, 4.69) is 24.1 Å². The van der Waals surface area contributed by atoms with Crippen LogP contribution in [0.1, 0.15) is 51.5 Å². The van der Waals surface area contributed by atoms with Gasteiger partial charge in [0.1, 0.15) is 0 Å². The van der Waals surface area contributed by atoms with Crippen LogP contribution in [0.15, 0.2) is 12.3 Å². The van der Waals surface area contributed by atoms with Crippen molar-refractivity contribution in [3.8, 4) is 5.88 Å². The zero-order valence-electron chi connectivity index (χ0n) is 12.0. The summed E-state index contributed by atoms with van der Waals surface area (Å²) in [6.07, 6.45) is 7.09. The van der Waals surface area contributed by atoms with Crippen molar-refractivity contribution in [2.45, 2.75) is 52.5 Å². The van der Waals surface area contributed by atoms with E-state index in [0.717, 1.165) is 25.8 Å². The Bertz CT molecular complexity index is 358. The lowest BCUT2D eigenvalue weighted by molar-refractivity contribution is 0.277. The van der Waals surface area contributed by atoms with Gasteiger partial charge in [-0.3, -0.25) is 0 Å². The van der Waals surface area contributed by atoms with Crippen molar-refractivity contribution in [2.75, 3.05) is 13.2 Å². The molecule has 0 bridgehead atoms. The first kappa shape index (κ1) is 15.9. The van der Waals surface area contributed by atoms with Crippen molar-refractivity contribution < 1.29 is 9.13 Å². The van der Waals surface area contributed by atoms with E-state index in [0.29, 0.717) is 18.7 Å². The minimum atomic E-state index is -0.332. The third kappa shape index (κ3) is 6.01. The van der Waals surface area contributed by atoms with Gasteiger partial charge in [-0.25, -0.2) is 9.37 Å². The van der Waals surface area contributed by atoms with Crippen LogP contribution in [0.4, 0.5) is 4.39 Å². The highest BCUT2D eigenvalue weighted by molar-refractivity contribution is 5.23. The predicted molar refractivity (Wildman–Crippen MR) is 75.8 cm³/mol. The monoisotopic (exact) mass is 268 g/mol. The van der Waals surface area contributed by atoms with Gasteiger partial charge in [0, 0.05) is 18.3 Å². The molecule has 0 aliphatic carbocycles. The standard InChI is InChI=1S/C15H25FN2O/c1-3-5-6-7-11-19-15-14(16)13(8-10-18-15)12-17-9-4-2/h8,10,17H,3-7,9,11-12H2,1-2H3. The van der Waals surface area contributed by atoms with Crippen LogP contribution in [0.2, 0.25) is 0 Å². The Labute approximate surface area is 115 Å². The summed E-state index contributed by atoms with van der Waals surface area (Å²) in [7, 11) is 0. The maximum atomic E-state index is 14.0. The minimum absolute atomic E-state index is 0.132. The fourth-order valence-corrected chi connectivity index (χ4v) is 1.80. The zero-order valence-corrected chi connectivity index (χ0v) is 12.0. The van der Waals surface area contributed by atoms with Gasteiger partial charge >= 0.3 is 0 Å². The molecule has 0 radical (unpaired) electrons. The van der Waals surface area contributed by atoms with Crippen LogP contribution in [-0.2, 0) is 6.54 Å². The minimum Gasteiger partial charge on any atom is -0.476 e. The first-order valence-corrected chi connectivity index (χ1v) is 7.26. The van der Waals surface area contributed by atoms with E-state index < -0.39 is 0 Å². The van der Waals surface area contributed by atoms with Gasteiger partial charge in [-0.05, 0) is 25.5 Å². The van der Waals surface area contributed by atoms with E-state index in [1.807, 2.05) is 0 Å². The molecule has 0 atom stereocenters. The van der Waals surface area contributed by atoms with E-state index in [1.54, 1.807) is 12.3 Å². The fourth-order valence-electron chi connectivity index (χ4n) is 1.80. The van der Waals surface area contributed by atoms with Crippen LogP contribution in [0, 0.1) is 5.82 Å². The van der Waals surface area contributed by atoms with Crippen molar-refractivity contribution >= 4 is 0 Å². The first-order chi connectivity index (χ1) is 9.29. The second-order valence-corrected chi connectivity index (χ2v) is 4.68. The Morgan fingerprint density at radius 2 is 2.05 bits per heavy atom. The summed E-state index contributed by atoms with van der Waals surface area (Å²) in [6, 6.07) is 1.70. The summed E-state index contributed by atoms with van der Waals surface area (Å²) in [5.41, 5.74) is 0.618. The highest BCUT2D eigenvalue weighted by Crippen LogP contribution is 2.17. The molecule has 4 heteroatoms. The number of rotatable bonds is 10. The Kier molecular flexibility index (Phi) is 8.14. The van der Waals surface area contributed by atoms with Gasteiger partial charge in [-0.1, -0.05) is 33.1 Å². The molecule has 0 amide bonds. The van der Waals surface area contributed by atoms with Gasteiger partial charge in [0.15, 0.2) is 5.82 Å². The van der Waals surface area contributed by atoms with Gasteiger partial charge in [0.2, 0.25) is 0 Å². The van der Waals surface area contributed by atoms with Crippen molar-refractivity contribution in [3.05, 3.63) is 23.6 Å². The van der Waals surface area contributed by atoms with Crippen molar-refractivity contribution in [2.24, 2.45) is 0 Å². The first-order valence-electron chi connectivity index (χ1n) is 7.26. The normalized spacial score (nSPS) is 10.7. The molecular weight excluding hydrogens is 243 g/mol. The van der Waals surface area contributed by atoms with Gasteiger partial charge in [0.05, 0.1) is 6.61 Å². The zero-order chi connectivity index (χ0) is 13.9. The van der Waals surface area contributed by atoms with Crippen LogP contribution in [-0.4, -0.2) is 18.1 Å². The van der Waals surface area contributed by atoms with Crippen LogP contribution in [0.3, 0.4) is 0 Å². The molecule has 0 aliphatic rings. The Balaban J connectivity index is 2.42. The fraction of sp³-hybridized carbons (Fsp3) is 0.667. The van der Waals surface area contributed by atoms with E-state index in [4.69, 9.17) is 4.74 Å². The molecule has 1 N–H and O–H groups in total. The second kappa shape index (κ2) is 9.73. The molecule has 1 rings (SSSR count). The van der Waals surface area contributed by atoms with Crippen LogP contribution >= 0.6 is 0 Å². The molecule has 19 heavy (non-hydrogen) atoms. The number of halogens is 1. The number of nitrogens with one attached hydrogen (secondary N) is 1. The summed E-state index contributed by atoms with van der Waals surface area (Å²) in [5, 5.41) is 3.18. The van der Waals surface area contributed by atoms with Crippen molar-refractivity contribution in [1.29, 1.82) is 0 Å². The number of hydrogen-bond donors (Lipinski definition) is 1. The maximum Gasteiger partial charge on any atom is 0.250 e. The average molecular weight is 268 g/mol. The number of aromatic nitrogens is 1. The highest BCUT2D eigenvalue weighted by Gasteiger charge is 2.10. The second-order valence-electron chi connectivity index (χ2n) is 4.68. The highest BCUT2D eigenvalue weighted by atomic mass is 19.1. The average Bonchev–Trinajstić information content (AvgIpc) is 2.42. The summed E-state index contributed by atoms with van der Waals surface area (Å²) < 4.78 is 19.5. The summed E-state index contributed by atoms with van der Waals surface area (Å²) in [5.74, 6) is -0.200. The Morgan fingerprint density at radius 3 is 2.79 bits per heavy atom. The number of unbranched alkanes of at least 4 members (excludes halogenated alkanes) is 3. The van der Waals surface area contributed by atoms with Crippen LogP contribution < -0.4 is 10.1 Å². The van der Waals surface area contributed by atoms with E-state index in [9.17, 15) is 4.39 Å². The molecule has 0 spiro atoms. The quantitative estimate of drug-likeness (QED) is 0.657. The molecule has 0 saturated carbocycles. The summed E-state index contributed by atoms with van der Waals surface area (Å²) in [6.45, 7) is 6.19. The predicted octanol–water partition coefficient (Wildman–Crippen LogP) is 3.68. The van der Waals surface area contributed by atoms with E-state index >= 15 is 0 Å². The van der Waals surface area contributed by atoms with Crippen LogP contribution in [0.5, 0.6) is 5.88 Å². The molecule has 3 nitrogen and oxygen atoms in total. The molecule has 0 aliphatic heterocycles. The largest absolute Gasteiger partial charge is 0.476 e. The molecule has 1 heterocycles. The smallest absolute Gasteiger partial charge is 0.250 e. The number of hydrogen-bond acceptors (Lipinski definition) is 3. The number of pyridine rings is 1. The van der Waals surface area contributed by atoms with E-state index in [-0.39, 0.29) is 11.7 Å². The van der Waals surface area contributed by atoms with Gasteiger partial charge in [-0.2, -0.15) is 0 Å². The molecule has 0 saturated heterocycles. The lowest BCUT2D eigenvalue weighted by atomic mass is 10.2. The molecular formula is C15H25FN2O. The number of nitrogens with zero attached hydrogens (tertiary/aromatic N) is 1. The van der Waals surface area contributed by atoms with Gasteiger partial charge < -0.3 is 10.1 Å². The Morgan fingerprint density at radius 1 is 1.21 bits per heavy atom. The summed E-state index contributed by atoms with van der Waals surface area (Å²) in [4.78, 5) is 3.96. The van der Waals surface area contributed by atoms with Crippen LogP contribution in [0.25, 0.3) is 0 Å². The lowest BCUT2D eigenvalue weighted by Crippen LogP contribution is -2.15. The molecule has 1 aromatic heterocycles. The molecule has 0 unspecified atom stereocenters. The van der Waals surface area contributed by atoms with Crippen molar-refractivity contribution in [1.82, 2.24) is 10.3 Å². The molecule has 108 valence electrons. The van der Waals surface area contributed by atoms with Crippen molar-refractivity contribution in [3.63, 3.8) is 0 Å². The third-order valence-electron chi connectivity index (χ3n) is 2.92. The maximum absolute atomic E-state index is 14.0. The molecule has 1 aromatic rings. The lowest BCUT2D eigenvalue weighted by Gasteiger charge is -2.09. The molecule has 0 fully saturated rings. The van der Waals surface area contributed by atoms with E-state index in [1.165, 1.54) is 12.8 Å². The number of ether oxygens (including phenoxy) is 1. The Hall–Kier alpha value is -1.16. The third-order valence-corrected chi connectivity index (χ3v) is 2.92. The summed E-state index contributed by atoms with van der Waals surface area (Å²) >= 11 is 0. The molecule has 0 aromatic carbocycles. The van der Waals surface area contributed by atoms with Gasteiger partial charge in [0.25, 0.3) is 5.88 Å². The van der Waals surface area contributed by atoms with Gasteiger partial charge in [-0.15, -0.1) is 0 Å².